The topological polar surface area (TPSA) is 570 Å². The summed E-state index contributed by atoms with van der Waals surface area (Å²) in [6, 6.07) is 0. The smallest absolute Gasteiger partial charge is 0.325 e. The normalized spacial score (nSPS) is 47.7. The van der Waals surface area contributed by atoms with E-state index in [0.717, 1.165) is 0 Å². The molecule has 37 heteroatoms. The Kier molecular flexibility index (Phi) is 23.6. The number of aliphatic hydroxyl groups excluding tert-OH is 17. The van der Waals surface area contributed by atoms with Gasteiger partial charge in [0, 0.05) is 0 Å². The average Bonchev–Trinajstić information content (AvgIpc) is 3.42. The molecular weight excluding hydrogens is 1130 g/mol. The molecule has 79 heavy (non-hydrogen) atoms. The average molecular weight is 1200 g/mol. The van der Waals surface area contributed by atoms with Crippen molar-refractivity contribution in [2.75, 3.05) is 38.8 Å². The molecular formula is C42H76O35P2. The summed E-state index contributed by atoms with van der Waals surface area (Å²) in [5.41, 5.74) is -1.13. The van der Waals surface area contributed by atoms with Crippen LogP contribution in [0.25, 0.3) is 0 Å². The zero-order chi connectivity index (χ0) is 59.0. The second-order valence-corrected chi connectivity index (χ2v) is 24.6. The molecule has 0 radical (unpaired) electrons. The van der Waals surface area contributed by atoms with Gasteiger partial charge in [-0.05, 0) is 33.6 Å². The van der Waals surface area contributed by atoms with E-state index in [4.69, 9.17) is 56.8 Å². The van der Waals surface area contributed by atoms with Gasteiger partial charge in [0.15, 0.2) is 37.7 Å². The van der Waals surface area contributed by atoms with Gasteiger partial charge in [-0.15, -0.1) is 0 Å². The Morgan fingerprint density at radius 2 is 0.684 bits per heavy atom. The van der Waals surface area contributed by atoms with Crippen LogP contribution in [-0.4, -0.2) is 335 Å². The van der Waals surface area contributed by atoms with Crippen molar-refractivity contribution in [1.29, 1.82) is 0 Å². The molecule has 0 bridgehead atoms. The molecule has 6 aliphatic rings. The van der Waals surface area contributed by atoms with Crippen LogP contribution in [-0.2, 0) is 66.0 Å². The van der Waals surface area contributed by atoms with Gasteiger partial charge in [0.2, 0.25) is 0 Å². The standard InChI is InChI=1S/C42H76O35P2/c1-42(2,3)77-39-32(59)33(74-41-35(28(55)21(48)15(9-44)71-41)76-38-31(58)25(52)19(46)13(69-38)5-7-79(63,64)65)23(50)17(73-39)11-66-36-29(56)26(53)22(49)16(72-36)10-67-40-34(27(54)20(47)14(8-43)70-40)75-37-30(57)24(51)18(45)12(68-37)4-6-78(60,61)62/h12-41,43-59H,4-11H2,1-3H3,(H2,60,61,62)(H2,63,64,65)/t12?,13?,14?,15?,16?,17?,18-,19-,20-,21-,22-,23-,24+,25+,26+,27+,28+,29?,30?,31?,32?,33+,34?,35?,36+,37-,38-,39+,40+,41-/m1/s1. The summed E-state index contributed by atoms with van der Waals surface area (Å²) in [7, 11) is -9.37. The van der Waals surface area contributed by atoms with Crippen molar-refractivity contribution in [3.63, 3.8) is 0 Å². The van der Waals surface area contributed by atoms with Crippen molar-refractivity contribution in [2.24, 2.45) is 0 Å². The van der Waals surface area contributed by atoms with E-state index < -0.39 is 257 Å². The fraction of sp³-hybridized carbons (Fsp3) is 1.00. The quantitative estimate of drug-likeness (QED) is 0.0475. The Morgan fingerprint density at radius 1 is 0.354 bits per heavy atom. The summed E-state index contributed by atoms with van der Waals surface area (Å²) in [5, 5.41) is 184. The minimum absolute atomic E-state index is 0.566. The molecule has 0 aromatic heterocycles. The zero-order valence-electron chi connectivity index (χ0n) is 42.5. The number of hydrogen-bond donors (Lipinski definition) is 21. The summed E-state index contributed by atoms with van der Waals surface area (Å²) >= 11 is 0. The van der Waals surface area contributed by atoms with Gasteiger partial charge in [0.25, 0.3) is 0 Å². The van der Waals surface area contributed by atoms with Crippen molar-refractivity contribution in [1.82, 2.24) is 0 Å². The van der Waals surface area contributed by atoms with Crippen LogP contribution in [0, 0.1) is 0 Å². The van der Waals surface area contributed by atoms with Crippen LogP contribution in [0.4, 0.5) is 0 Å². The molecule has 12 unspecified atom stereocenters. The summed E-state index contributed by atoms with van der Waals surface area (Å²) in [6.45, 7) is 0.939. The van der Waals surface area contributed by atoms with Crippen LogP contribution in [0.5, 0.6) is 0 Å². The lowest BCUT2D eigenvalue weighted by atomic mass is 9.95. The summed E-state index contributed by atoms with van der Waals surface area (Å²) in [6.07, 6.45) is -61.1. The largest absolute Gasteiger partial charge is 0.394 e. The molecule has 0 saturated carbocycles. The predicted molar refractivity (Wildman–Crippen MR) is 247 cm³/mol. The van der Waals surface area contributed by atoms with E-state index in [9.17, 15) is 116 Å². The molecule has 6 aliphatic heterocycles. The lowest BCUT2D eigenvalue weighted by molar-refractivity contribution is -0.393. The Bertz CT molecular complexity index is 1980. The first-order valence-electron chi connectivity index (χ1n) is 25.0. The minimum atomic E-state index is -4.70. The van der Waals surface area contributed by atoms with Crippen molar-refractivity contribution in [2.45, 2.75) is 223 Å². The van der Waals surface area contributed by atoms with Gasteiger partial charge in [0.1, 0.15) is 134 Å². The molecule has 21 N–H and O–H groups in total. The highest BCUT2D eigenvalue weighted by atomic mass is 31.2. The van der Waals surface area contributed by atoms with Gasteiger partial charge in [0.05, 0.1) is 56.6 Å². The second kappa shape index (κ2) is 27.7. The summed E-state index contributed by atoms with van der Waals surface area (Å²) in [5.74, 6) is 0. The second-order valence-electron chi connectivity index (χ2n) is 21.0. The van der Waals surface area contributed by atoms with E-state index in [0.29, 0.717) is 0 Å². The van der Waals surface area contributed by atoms with Crippen LogP contribution >= 0.6 is 15.2 Å². The first-order chi connectivity index (χ1) is 36.7. The molecule has 6 saturated heterocycles. The molecule has 464 valence electrons. The summed E-state index contributed by atoms with van der Waals surface area (Å²) < 4.78 is 91.9. The van der Waals surface area contributed by atoms with Gasteiger partial charge in [-0.2, -0.15) is 0 Å². The van der Waals surface area contributed by atoms with Gasteiger partial charge in [-0.3, -0.25) is 9.13 Å². The van der Waals surface area contributed by atoms with Crippen LogP contribution in [0.3, 0.4) is 0 Å². The number of hydrogen-bond acceptors (Lipinski definition) is 31. The van der Waals surface area contributed by atoms with Gasteiger partial charge in [-0.1, -0.05) is 0 Å². The third kappa shape index (κ3) is 16.6. The van der Waals surface area contributed by atoms with E-state index in [1.54, 1.807) is 20.8 Å². The van der Waals surface area contributed by atoms with Gasteiger partial charge in [-0.25, -0.2) is 0 Å². The lowest BCUT2D eigenvalue weighted by Crippen LogP contribution is -2.67. The monoisotopic (exact) mass is 1200 g/mol. The molecule has 0 spiro atoms. The Balaban J connectivity index is 1.18. The molecule has 0 amide bonds. The third-order valence-corrected chi connectivity index (χ3v) is 15.6. The van der Waals surface area contributed by atoms with E-state index in [1.807, 2.05) is 0 Å². The van der Waals surface area contributed by atoms with Crippen LogP contribution in [0.2, 0.25) is 0 Å². The Morgan fingerprint density at radius 3 is 1.11 bits per heavy atom. The lowest BCUT2D eigenvalue weighted by Gasteiger charge is -2.49. The predicted octanol–water partition coefficient (Wildman–Crippen LogP) is -11.1. The first kappa shape index (κ1) is 67.3. The van der Waals surface area contributed by atoms with Crippen LogP contribution in [0.15, 0.2) is 0 Å². The maximum Gasteiger partial charge on any atom is 0.325 e. The highest BCUT2D eigenvalue weighted by Crippen LogP contribution is 2.41. The SMILES string of the molecule is CC(C)(C)O[C@@H]1OC(CO[C@H]2OC(CO[C@H]3OC(CO)[C@@H](O)[C@H](O)C3O[C@H]3OC(CCP(=O)(O)O)[C@@H](O)[C@H](O)C3O)[C@@H](O)[C@H](O)C2O)[C@@H](O)[C@H](O[C@H]2OC(CO)[C@@H](O)[C@H](O)C2O[C@H]2OC(CCP(=O)(O)O)[C@@H](O)[C@H](O)C2O)C1O. The Hall–Kier alpha value is -0.860. The molecule has 0 aliphatic carbocycles. The van der Waals surface area contributed by atoms with Crippen LogP contribution in [0.1, 0.15) is 33.6 Å². The molecule has 35 nitrogen and oxygen atoms in total. The molecule has 0 aromatic carbocycles. The fourth-order valence-corrected chi connectivity index (χ4v) is 10.6. The number of aliphatic hydroxyl groups is 17. The van der Waals surface area contributed by atoms with E-state index in [2.05, 4.69) is 0 Å². The van der Waals surface area contributed by atoms with Gasteiger partial charge >= 0.3 is 15.2 Å². The van der Waals surface area contributed by atoms with E-state index in [1.165, 1.54) is 0 Å². The minimum Gasteiger partial charge on any atom is -0.394 e. The highest BCUT2D eigenvalue weighted by molar-refractivity contribution is 7.52. The molecule has 30 atom stereocenters. The number of ether oxygens (including phenoxy) is 12. The van der Waals surface area contributed by atoms with Crippen molar-refractivity contribution < 1.29 is 172 Å². The maximum absolute atomic E-state index is 11.8. The van der Waals surface area contributed by atoms with Crippen molar-refractivity contribution >= 4 is 15.2 Å². The first-order valence-corrected chi connectivity index (χ1v) is 28.6. The number of rotatable bonds is 21. The molecule has 0 aromatic rings. The maximum atomic E-state index is 11.8. The molecule has 6 fully saturated rings. The van der Waals surface area contributed by atoms with Gasteiger partial charge < -0.3 is 163 Å². The molecule has 6 rings (SSSR count). The third-order valence-electron chi connectivity index (χ3n) is 13.9. The fourth-order valence-electron chi connectivity index (χ4n) is 9.45. The Labute approximate surface area is 449 Å². The van der Waals surface area contributed by atoms with Crippen molar-refractivity contribution in [3.05, 3.63) is 0 Å². The summed E-state index contributed by atoms with van der Waals surface area (Å²) in [4.78, 5) is 37.5. The zero-order valence-corrected chi connectivity index (χ0v) is 44.3. The highest BCUT2D eigenvalue weighted by Gasteiger charge is 2.57. The van der Waals surface area contributed by atoms with Crippen molar-refractivity contribution in [3.8, 4) is 0 Å². The van der Waals surface area contributed by atoms with E-state index >= 15 is 0 Å². The van der Waals surface area contributed by atoms with E-state index in [-0.39, 0.29) is 0 Å². The molecule has 6 heterocycles. The van der Waals surface area contributed by atoms with Crippen LogP contribution < -0.4 is 0 Å².